The van der Waals surface area contributed by atoms with Crippen LogP contribution in [-0.2, 0) is 0 Å². The average molecular weight is 216 g/mol. The predicted octanol–water partition coefficient (Wildman–Crippen LogP) is 3.71. The fraction of sp³-hybridized carbons (Fsp3) is 0.500. The van der Waals surface area contributed by atoms with Gasteiger partial charge < -0.3 is 5.32 Å². The van der Waals surface area contributed by atoms with Crippen LogP contribution in [0.2, 0.25) is 0 Å². The Morgan fingerprint density at radius 2 is 2.00 bits per heavy atom. The van der Waals surface area contributed by atoms with Gasteiger partial charge in [0.15, 0.2) is 0 Å². The molecule has 0 heterocycles. The molecule has 0 aliphatic rings. The Labute approximate surface area is 98.3 Å². The second-order valence-corrected chi connectivity index (χ2v) is 4.17. The molecule has 86 valence electrons. The molecule has 2 nitrogen and oxygen atoms in total. The normalized spacial score (nSPS) is 10.2. The topological polar surface area (TPSA) is 35.8 Å². The van der Waals surface area contributed by atoms with Crippen molar-refractivity contribution in [2.45, 2.75) is 33.6 Å². The van der Waals surface area contributed by atoms with Crippen molar-refractivity contribution in [3.05, 3.63) is 29.3 Å². The van der Waals surface area contributed by atoms with Crippen LogP contribution >= 0.6 is 0 Å². The van der Waals surface area contributed by atoms with E-state index < -0.39 is 0 Å². The van der Waals surface area contributed by atoms with Crippen LogP contribution in [0, 0.1) is 24.2 Å². The third-order valence-corrected chi connectivity index (χ3v) is 3.12. The summed E-state index contributed by atoms with van der Waals surface area (Å²) in [6, 6.07) is 8.06. The number of anilines is 1. The third-order valence-electron chi connectivity index (χ3n) is 3.12. The Hall–Kier alpha value is -1.49. The van der Waals surface area contributed by atoms with Crippen LogP contribution in [0.25, 0.3) is 0 Å². The van der Waals surface area contributed by atoms with E-state index in [0.29, 0.717) is 5.92 Å². The minimum absolute atomic E-state index is 0.686. The molecule has 0 aromatic heterocycles. The van der Waals surface area contributed by atoms with Crippen molar-refractivity contribution in [3.8, 4) is 6.07 Å². The van der Waals surface area contributed by atoms with Gasteiger partial charge in [-0.25, -0.2) is 0 Å². The molecule has 0 aliphatic carbocycles. The highest BCUT2D eigenvalue weighted by molar-refractivity contribution is 5.62. The smallest absolute Gasteiger partial charge is 0.101 e. The lowest BCUT2D eigenvalue weighted by molar-refractivity contribution is 0.519. The van der Waals surface area contributed by atoms with E-state index in [1.807, 2.05) is 25.1 Å². The Kier molecular flexibility index (Phi) is 4.85. The first-order valence-corrected chi connectivity index (χ1v) is 5.96. The minimum Gasteiger partial charge on any atom is -0.383 e. The lowest BCUT2D eigenvalue weighted by Gasteiger charge is -2.16. The highest BCUT2D eigenvalue weighted by atomic mass is 14.9. The number of hydrogen-bond donors (Lipinski definition) is 1. The van der Waals surface area contributed by atoms with Gasteiger partial charge in [0.1, 0.15) is 6.07 Å². The number of hydrogen-bond acceptors (Lipinski definition) is 2. The SMILES string of the molecule is CCC(CC)CNc1c(C)cccc1C#N. The monoisotopic (exact) mass is 216 g/mol. The van der Waals surface area contributed by atoms with Crippen molar-refractivity contribution in [2.75, 3.05) is 11.9 Å². The first-order valence-electron chi connectivity index (χ1n) is 5.96. The molecule has 0 unspecified atom stereocenters. The van der Waals surface area contributed by atoms with Crippen molar-refractivity contribution in [3.63, 3.8) is 0 Å². The molecule has 16 heavy (non-hydrogen) atoms. The lowest BCUT2D eigenvalue weighted by atomic mass is 10.0. The van der Waals surface area contributed by atoms with Crippen LogP contribution in [0.3, 0.4) is 0 Å². The molecular weight excluding hydrogens is 196 g/mol. The zero-order chi connectivity index (χ0) is 12.0. The summed E-state index contributed by atoms with van der Waals surface area (Å²) in [5.41, 5.74) is 2.88. The van der Waals surface area contributed by atoms with Gasteiger partial charge in [-0.05, 0) is 24.5 Å². The molecule has 0 amide bonds. The maximum Gasteiger partial charge on any atom is 0.101 e. The van der Waals surface area contributed by atoms with Gasteiger partial charge in [-0.2, -0.15) is 5.26 Å². The fourth-order valence-corrected chi connectivity index (χ4v) is 1.82. The maximum absolute atomic E-state index is 9.03. The average Bonchev–Trinajstić information content (AvgIpc) is 2.31. The minimum atomic E-state index is 0.686. The van der Waals surface area contributed by atoms with Gasteiger partial charge in [-0.3, -0.25) is 0 Å². The van der Waals surface area contributed by atoms with Crippen molar-refractivity contribution in [2.24, 2.45) is 5.92 Å². The van der Waals surface area contributed by atoms with E-state index in [1.165, 1.54) is 12.8 Å². The van der Waals surface area contributed by atoms with Crippen molar-refractivity contribution in [1.82, 2.24) is 0 Å². The summed E-state index contributed by atoms with van der Waals surface area (Å²) in [5, 5.41) is 12.4. The number of nitrogens with zero attached hydrogens (tertiary/aromatic N) is 1. The van der Waals surface area contributed by atoms with Crippen LogP contribution in [0.1, 0.15) is 37.8 Å². The van der Waals surface area contributed by atoms with Crippen LogP contribution in [-0.4, -0.2) is 6.54 Å². The zero-order valence-electron chi connectivity index (χ0n) is 10.4. The summed E-state index contributed by atoms with van der Waals surface area (Å²) in [6.45, 7) is 7.40. The standard InChI is InChI=1S/C14H20N2/c1-4-12(5-2)10-16-14-11(3)7-6-8-13(14)9-15/h6-8,12,16H,4-5,10H2,1-3H3. The summed E-state index contributed by atoms with van der Waals surface area (Å²) >= 11 is 0. The lowest BCUT2D eigenvalue weighted by Crippen LogP contribution is -2.14. The number of nitriles is 1. The highest BCUT2D eigenvalue weighted by Crippen LogP contribution is 2.20. The first kappa shape index (κ1) is 12.6. The quantitative estimate of drug-likeness (QED) is 0.814. The molecule has 2 heteroatoms. The Balaban J connectivity index is 2.77. The fourth-order valence-electron chi connectivity index (χ4n) is 1.82. The van der Waals surface area contributed by atoms with Crippen LogP contribution < -0.4 is 5.32 Å². The van der Waals surface area contributed by atoms with Gasteiger partial charge in [-0.1, -0.05) is 38.8 Å². The molecule has 0 saturated heterocycles. The predicted molar refractivity (Wildman–Crippen MR) is 68.5 cm³/mol. The van der Waals surface area contributed by atoms with E-state index in [2.05, 4.69) is 25.2 Å². The van der Waals surface area contributed by atoms with E-state index in [1.54, 1.807) is 0 Å². The van der Waals surface area contributed by atoms with Gasteiger partial charge in [0, 0.05) is 6.54 Å². The molecule has 0 spiro atoms. The summed E-state index contributed by atoms with van der Waals surface area (Å²) in [7, 11) is 0. The Bertz CT molecular complexity index is 373. The second-order valence-electron chi connectivity index (χ2n) is 4.17. The van der Waals surface area contributed by atoms with Gasteiger partial charge in [0.2, 0.25) is 0 Å². The number of nitrogens with one attached hydrogen (secondary N) is 1. The number of aryl methyl sites for hydroxylation is 1. The molecule has 0 fully saturated rings. The van der Waals surface area contributed by atoms with Gasteiger partial charge >= 0.3 is 0 Å². The summed E-state index contributed by atoms with van der Waals surface area (Å²) in [4.78, 5) is 0. The van der Waals surface area contributed by atoms with Crippen molar-refractivity contribution >= 4 is 5.69 Å². The molecule has 0 atom stereocenters. The van der Waals surface area contributed by atoms with Gasteiger partial charge in [0.05, 0.1) is 11.3 Å². The van der Waals surface area contributed by atoms with E-state index in [4.69, 9.17) is 5.26 Å². The number of rotatable bonds is 5. The molecule has 1 aromatic carbocycles. The molecule has 0 radical (unpaired) electrons. The van der Waals surface area contributed by atoms with Crippen molar-refractivity contribution in [1.29, 1.82) is 5.26 Å². The Morgan fingerprint density at radius 3 is 2.56 bits per heavy atom. The summed E-state index contributed by atoms with van der Waals surface area (Å²) < 4.78 is 0. The molecule has 0 saturated carbocycles. The third kappa shape index (κ3) is 3.00. The molecular formula is C14H20N2. The maximum atomic E-state index is 9.03. The zero-order valence-corrected chi connectivity index (χ0v) is 10.4. The van der Waals surface area contributed by atoms with Gasteiger partial charge in [-0.15, -0.1) is 0 Å². The molecule has 1 rings (SSSR count). The summed E-state index contributed by atoms with van der Waals surface area (Å²) in [6.07, 6.45) is 2.36. The number of para-hydroxylation sites is 1. The first-order chi connectivity index (χ1) is 7.72. The van der Waals surface area contributed by atoms with Crippen LogP contribution in [0.4, 0.5) is 5.69 Å². The largest absolute Gasteiger partial charge is 0.383 e. The van der Waals surface area contributed by atoms with Crippen LogP contribution in [0.5, 0.6) is 0 Å². The van der Waals surface area contributed by atoms with E-state index in [0.717, 1.165) is 23.4 Å². The van der Waals surface area contributed by atoms with E-state index >= 15 is 0 Å². The van der Waals surface area contributed by atoms with Crippen molar-refractivity contribution < 1.29 is 0 Å². The van der Waals surface area contributed by atoms with E-state index in [9.17, 15) is 0 Å². The molecule has 1 aromatic rings. The molecule has 0 bridgehead atoms. The van der Waals surface area contributed by atoms with Gasteiger partial charge in [0.25, 0.3) is 0 Å². The Morgan fingerprint density at radius 1 is 1.31 bits per heavy atom. The molecule has 0 aliphatic heterocycles. The highest BCUT2D eigenvalue weighted by Gasteiger charge is 2.07. The number of benzene rings is 1. The van der Waals surface area contributed by atoms with Crippen LogP contribution in [0.15, 0.2) is 18.2 Å². The summed E-state index contributed by atoms with van der Waals surface area (Å²) in [5.74, 6) is 0.686. The van der Waals surface area contributed by atoms with E-state index in [-0.39, 0.29) is 0 Å². The molecule has 1 N–H and O–H groups in total. The second kappa shape index (κ2) is 6.17.